The van der Waals surface area contributed by atoms with Gasteiger partial charge in [0, 0.05) is 11.8 Å². The van der Waals surface area contributed by atoms with Gasteiger partial charge >= 0.3 is 5.97 Å². The Balaban J connectivity index is 1.83. The van der Waals surface area contributed by atoms with Crippen molar-refractivity contribution in [3.63, 3.8) is 0 Å². The van der Waals surface area contributed by atoms with Gasteiger partial charge < -0.3 is 14.8 Å². The maximum atomic E-state index is 11.9. The third kappa shape index (κ3) is 5.80. The van der Waals surface area contributed by atoms with Crippen LogP contribution in [0, 0.1) is 13.8 Å². The zero-order valence-electron chi connectivity index (χ0n) is 14.5. The number of aryl methyl sites for hydroxylation is 2. The van der Waals surface area contributed by atoms with Gasteiger partial charge in [-0.05, 0) is 54.8 Å². The Morgan fingerprint density at radius 1 is 1.08 bits per heavy atom. The number of benzene rings is 2. The first kappa shape index (κ1) is 18.3. The van der Waals surface area contributed by atoms with Gasteiger partial charge in [-0.15, -0.1) is 0 Å². The number of anilines is 1. The topological polar surface area (TPSA) is 64.6 Å². The smallest absolute Gasteiger partial charge is 0.331 e. The van der Waals surface area contributed by atoms with Crippen LogP contribution < -0.4 is 10.1 Å². The van der Waals surface area contributed by atoms with E-state index in [1.807, 2.05) is 44.2 Å². The first-order chi connectivity index (χ1) is 12.0. The van der Waals surface area contributed by atoms with E-state index in [4.69, 9.17) is 9.47 Å². The number of amides is 1. The van der Waals surface area contributed by atoms with Gasteiger partial charge in [-0.25, -0.2) is 4.79 Å². The van der Waals surface area contributed by atoms with Crippen molar-refractivity contribution in [2.24, 2.45) is 0 Å². The molecule has 2 aromatic rings. The summed E-state index contributed by atoms with van der Waals surface area (Å²) in [5, 5.41) is 2.74. The molecule has 0 atom stereocenters. The number of rotatable bonds is 6. The number of nitrogens with one attached hydrogen (secondary N) is 1. The average molecular weight is 339 g/mol. The molecule has 2 aromatic carbocycles. The highest BCUT2D eigenvalue weighted by Gasteiger charge is 2.07. The minimum atomic E-state index is -0.577. The van der Waals surface area contributed by atoms with Crippen LogP contribution in [0.3, 0.4) is 0 Å². The van der Waals surface area contributed by atoms with Gasteiger partial charge in [0.1, 0.15) is 5.75 Å². The van der Waals surface area contributed by atoms with Crippen molar-refractivity contribution in [2.45, 2.75) is 13.8 Å². The lowest BCUT2D eigenvalue weighted by Gasteiger charge is -2.09. The fourth-order valence-electron chi connectivity index (χ4n) is 2.12. The Hall–Kier alpha value is -3.08. The number of hydrogen-bond acceptors (Lipinski definition) is 4. The standard InChI is InChI=1S/C20H21NO4/c1-14-4-5-15(2)18(12-14)21-19(22)13-25-20(23)11-8-16-6-9-17(24-3)10-7-16/h4-12H,13H2,1-3H3,(H,21,22)/b11-8+. The molecule has 25 heavy (non-hydrogen) atoms. The Kier molecular flexibility index (Phi) is 6.34. The Morgan fingerprint density at radius 2 is 1.80 bits per heavy atom. The lowest BCUT2D eigenvalue weighted by Crippen LogP contribution is -2.20. The lowest BCUT2D eigenvalue weighted by molar-refractivity contribution is -0.142. The third-order valence-electron chi connectivity index (χ3n) is 3.54. The number of carbonyl (C=O) groups is 2. The second-order valence-electron chi connectivity index (χ2n) is 5.58. The molecule has 1 N–H and O–H groups in total. The first-order valence-electron chi connectivity index (χ1n) is 7.84. The molecule has 0 radical (unpaired) electrons. The summed E-state index contributed by atoms with van der Waals surface area (Å²) < 4.78 is 10.0. The second-order valence-corrected chi connectivity index (χ2v) is 5.58. The van der Waals surface area contributed by atoms with Crippen molar-refractivity contribution >= 4 is 23.6 Å². The first-order valence-corrected chi connectivity index (χ1v) is 7.84. The number of hydrogen-bond donors (Lipinski definition) is 1. The quantitative estimate of drug-likeness (QED) is 0.646. The van der Waals surface area contributed by atoms with E-state index in [9.17, 15) is 9.59 Å². The van der Waals surface area contributed by atoms with E-state index in [0.29, 0.717) is 0 Å². The Labute approximate surface area is 147 Å². The molecule has 0 aromatic heterocycles. The third-order valence-corrected chi connectivity index (χ3v) is 3.54. The van der Waals surface area contributed by atoms with Gasteiger partial charge in [0.2, 0.25) is 0 Å². The van der Waals surface area contributed by atoms with Crippen LogP contribution in [0.15, 0.2) is 48.5 Å². The second kappa shape index (κ2) is 8.68. The van der Waals surface area contributed by atoms with Crippen LogP contribution in [0.4, 0.5) is 5.69 Å². The molecular formula is C20H21NO4. The molecule has 0 saturated carbocycles. The molecule has 0 saturated heterocycles. The van der Waals surface area contributed by atoms with Gasteiger partial charge in [0.25, 0.3) is 5.91 Å². The molecule has 0 unspecified atom stereocenters. The molecule has 130 valence electrons. The minimum absolute atomic E-state index is 0.334. The Morgan fingerprint density at radius 3 is 2.48 bits per heavy atom. The Bertz CT molecular complexity index is 779. The fraction of sp³-hybridized carbons (Fsp3) is 0.200. The monoisotopic (exact) mass is 339 g/mol. The predicted octanol–water partition coefficient (Wildman–Crippen LogP) is 3.51. The van der Waals surface area contributed by atoms with Gasteiger partial charge in [0.05, 0.1) is 7.11 Å². The van der Waals surface area contributed by atoms with Gasteiger partial charge in [0.15, 0.2) is 6.61 Å². The summed E-state index contributed by atoms with van der Waals surface area (Å²) in [6, 6.07) is 13.0. The molecule has 0 aliphatic carbocycles. The van der Waals surface area contributed by atoms with Crippen molar-refractivity contribution in [3.8, 4) is 5.75 Å². The summed E-state index contributed by atoms with van der Waals surface area (Å²) in [4.78, 5) is 23.6. The lowest BCUT2D eigenvalue weighted by atomic mass is 10.1. The van der Waals surface area contributed by atoms with Gasteiger partial charge in [-0.3, -0.25) is 4.79 Å². The van der Waals surface area contributed by atoms with Crippen molar-refractivity contribution in [3.05, 3.63) is 65.2 Å². The summed E-state index contributed by atoms with van der Waals surface area (Å²) in [7, 11) is 1.59. The summed E-state index contributed by atoms with van der Waals surface area (Å²) in [6.07, 6.45) is 2.90. The average Bonchev–Trinajstić information content (AvgIpc) is 2.61. The van der Waals surface area contributed by atoms with Crippen LogP contribution in [0.1, 0.15) is 16.7 Å². The zero-order chi connectivity index (χ0) is 18.2. The van der Waals surface area contributed by atoms with Crippen LogP contribution >= 0.6 is 0 Å². The molecule has 2 rings (SSSR count). The van der Waals surface area contributed by atoms with Crippen LogP contribution in [0.5, 0.6) is 5.75 Å². The van der Waals surface area contributed by atoms with Crippen LogP contribution in [-0.2, 0) is 14.3 Å². The molecule has 0 heterocycles. The van der Waals surface area contributed by atoms with Gasteiger partial charge in [-0.1, -0.05) is 24.3 Å². The number of methoxy groups -OCH3 is 1. The van der Waals surface area contributed by atoms with Crippen molar-refractivity contribution in [1.82, 2.24) is 0 Å². The van der Waals surface area contributed by atoms with Crippen LogP contribution in [0.2, 0.25) is 0 Å². The van der Waals surface area contributed by atoms with Crippen molar-refractivity contribution in [1.29, 1.82) is 0 Å². The minimum Gasteiger partial charge on any atom is -0.497 e. The summed E-state index contributed by atoms with van der Waals surface area (Å²) in [6.45, 7) is 3.51. The van der Waals surface area contributed by atoms with E-state index in [2.05, 4.69) is 5.32 Å². The van der Waals surface area contributed by atoms with Crippen LogP contribution in [-0.4, -0.2) is 25.6 Å². The molecule has 0 aliphatic rings. The molecule has 5 heteroatoms. The SMILES string of the molecule is COc1ccc(/C=C/C(=O)OCC(=O)Nc2cc(C)ccc2C)cc1. The fourth-order valence-corrected chi connectivity index (χ4v) is 2.12. The highest BCUT2D eigenvalue weighted by Crippen LogP contribution is 2.16. The molecule has 1 amide bonds. The molecule has 5 nitrogen and oxygen atoms in total. The zero-order valence-corrected chi connectivity index (χ0v) is 14.5. The van der Waals surface area contributed by atoms with Crippen LogP contribution in [0.25, 0.3) is 6.08 Å². The number of esters is 1. The summed E-state index contributed by atoms with van der Waals surface area (Å²) in [5.74, 6) is -0.213. The van der Waals surface area contributed by atoms with Gasteiger partial charge in [-0.2, -0.15) is 0 Å². The van der Waals surface area contributed by atoms with E-state index >= 15 is 0 Å². The van der Waals surface area contributed by atoms with Crippen molar-refractivity contribution < 1.29 is 19.1 Å². The maximum absolute atomic E-state index is 11.9. The van der Waals surface area contributed by atoms with Crippen molar-refractivity contribution in [2.75, 3.05) is 19.0 Å². The normalized spacial score (nSPS) is 10.5. The van der Waals surface area contributed by atoms with E-state index < -0.39 is 5.97 Å². The molecular weight excluding hydrogens is 318 g/mol. The summed E-state index contributed by atoms with van der Waals surface area (Å²) >= 11 is 0. The predicted molar refractivity (Wildman–Crippen MR) is 97.5 cm³/mol. The molecule has 0 fully saturated rings. The highest BCUT2D eigenvalue weighted by atomic mass is 16.5. The van der Waals surface area contributed by atoms with E-state index in [0.717, 1.165) is 28.1 Å². The number of carbonyl (C=O) groups excluding carboxylic acids is 2. The highest BCUT2D eigenvalue weighted by molar-refractivity contribution is 5.95. The van der Waals surface area contributed by atoms with E-state index in [1.165, 1.54) is 6.08 Å². The van der Waals surface area contributed by atoms with E-state index in [-0.39, 0.29) is 12.5 Å². The molecule has 0 bridgehead atoms. The summed E-state index contributed by atoms with van der Waals surface area (Å²) in [5.41, 5.74) is 3.54. The van der Waals surface area contributed by atoms with E-state index in [1.54, 1.807) is 25.3 Å². The number of ether oxygens (including phenoxy) is 2. The molecule has 0 spiro atoms. The maximum Gasteiger partial charge on any atom is 0.331 e. The largest absolute Gasteiger partial charge is 0.497 e. The molecule has 0 aliphatic heterocycles.